The summed E-state index contributed by atoms with van der Waals surface area (Å²) in [7, 11) is 0. The summed E-state index contributed by atoms with van der Waals surface area (Å²) >= 11 is 0. The molecule has 0 bridgehead atoms. The Hall–Kier alpha value is -2.58. The Morgan fingerprint density at radius 2 is 1.83 bits per heavy atom. The van der Waals surface area contributed by atoms with E-state index in [0.717, 1.165) is 36.3 Å². The lowest BCUT2D eigenvalue weighted by molar-refractivity contribution is -0.136. The van der Waals surface area contributed by atoms with E-state index in [9.17, 15) is 19.2 Å². The standard InChI is InChI=1S/C21H28N4O4/c1-3-21(22,4-2)9-10-23-12-13-5-6-14-15(11-13)20(29)25(19(14)28)16-7-8-17(26)24-18(16)27/h5-6,11,16,23H,3-4,7-10,12,22H2,1-2H3,(H,24,26,27). The molecule has 0 aromatic heterocycles. The van der Waals surface area contributed by atoms with E-state index in [1.54, 1.807) is 18.2 Å². The fraction of sp³-hybridized carbons (Fsp3) is 0.524. The molecule has 0 spiro atoms. The van der Waals surface area contributed by atoms with E-state index in [1.165, 1.54) is 0 Å². The molecular weight excluding hydrogens is 372 g/mol. The first-order valence-corrected chi connectivity index (χ1v) is 10.1. The maximum atomic E-state index is 12.8. The largest absolute Gasteiger partial charge is 0.325 e. The smallest absolute Gasteiger partial charge is 0.262 e. The van der Waals surface area contributed by atoms with Crippen molar-refractivity contribution in [2.45, 2.75) is 64.1 Å². The number of nitrogens with two attached hydrogens (primary N) is 1. The average Bonchev–Trinajstić information content (AvgIpc) is 2.95. The third-order valence-electron chi connectivity index (χ3n) is 6.04. The second-order valence-electron chi connectivity index (χ2n) is 7.82. The Labute approximate surface area is 170 Å². The van der Waals surface area contributed by atoms with Crippen molar-refractivity contribution in [1.29, 1.82) is 0 Å². The molecule has 2 heterocycles. The van der Waals surface area contributed by atoms with Crippen molar-refractivity contribution in [3.63, 3.8) is 0 Å². The quantitative estimate of drug-likeness (QED) is 0.444. The second kappa shape index (κ2) is 8.42. The van der Waals surface area contributed by atoms with Gasteiger partial charge in [0.2, 0.25) is 11.8 Å². The van der Waals surface area contributed by atoms with E-state index in [4.69, 9.17) is 5.73 Å². The number of piperidine rings is 1. The van der Waals surface area contributed by atoms with Crippen molar-refractivity contribution in [2.24, 2.45) is 5.73 Å². The third-order valence-corrected chi connectivity index (χ3v) is 6.04. The van der Waals surface area contributed by atoms with Crippen molar-refractivity contribution in [3.8, 4) is 0 Å². The number of carbonyl (C=O) groups excluding carboxylic acids is 4. The molecule has 4 N–H and O–H groups in total. The molecule has 1 saturated heterocycles. The van der Waals surface area contributed by atoms with Gasteiger partial charge in [-0.2, -0.15) is 0 Å². The summed E-state index contributed by atoms with van der Waals surface area (Å²) in [6.07, 6.45) is 2.94. The molecule has 1 aromatic carbocycles. The molecule has 0 saturated carbocycles. The minimum Gasteiger partial charge on any atom is -0.325 e. The molecule has 156 valence electrons. The molecule has 2 aliphatic heterocycles. The van der Waals surface area contributed by atoms with Crippen molar-refractivity contribution in [3.05, 3.63) is 34.9 Å². The predicted molar refractivity (Wildman–Crippen MR) is 107 cm³/mol. The Kier molecular flexibility index (Phi) is 6.14. The first kappa shape index (κ1) is 21.1. The molecule has 8 heteroatoms. The van der Waals surface area contributed by atoms with Crippen molar-refractivity contribution in [2.75, 3.05) is 6.54 Å². The van der Waals surface area contributed by atoms with Crippen LogP contribution in [0, 0.1) is 0 Å². The Morgan fingerprint density at radius 1 is 1.14 bits per heavy atom. The van der Waals surface area contributed by atoms with E-state index < -0.39 is 23.8 Å². The first-order chi connectivity index (χ1) is 13.8. The van der Waals surface area contributed by atoms with Gasteiger partial charge in [0, 0.05) is 18.5 Å². The van der Waals surface area contributed by atoms with Gasteiger partial charge in [-0.1, -0.05) is 19.9 Å². The lowest BCUT2D eigenvalue weighted by Crippen LogP contribution is -2.54. The SMILES string of the molecule is CCC(N)(CC)CCNCc1ccc2c(c1)C(=O)N(C1CCC(=O)NC1=O)C2=O. The topological polar surface area (TPSA) is 122 Å². The average molecular weight is 400 g/mol. The van der Waals surface area contributed by atoms with Gasteiger partial charge in [0.25, 0.3) is 11.8 Å². The lowest BCUT2D eigenvalue weighted by atomic mass is 9.90. The Morgan fingerprint density at radius 3 is 2.48 bits per heavy atom. The fourth-order valence-corrected chi connectivity index (χ4v) is 3.80. The van der Waals surface area contributed by atoms with Crippen molar-refractivity contribution in [1.82, 2.24) is 15.5 Å². The van der Waals surface area contributed by atoms with E-state index in [1.807, 2.05) is 0 Å². The zero-order valence-electron chi connectivity index (χ0n) is 16.9. The highest BCUT2D eigenvalue weighted by atomic mass is 16.2. The van der Waals surface area contributed by atoms with Crippen LogP contribution in [0.25, 0.3) is 0 Å². The number of benzene rings is 1. The van der Waals surface area contributed by atoms with Crippen LogP contribution in [0.1, 0.15) is 72.2 Å². The van der Waals surface area contributed by atoms with Crippen molar-refractivity contribution >= 4 is 23.6 Å². The second-order valence-corrected chi connectivity index (χ2v) is 7.82. The number of hydrogen-bond donors (Lipinski definition) is 3. The fourth-order valence-electron chi connectivity index (χ4n) is 3.80. The van der Waals surface area contributed by atoms with E-state index in [-0.39, 0.29) is 24.3 Å². The molecular formula is C21H28N4O4. The van der Waals surface area contributed by atoms with Gasteiger partial charge in [0.1, 0.15) is 6.04 Å². The van der Waals surface area contributed by atoms with Crippen LogP contribution in [0.3, 0.4) is 0 Å². The van der Waals surface area contributed by atoms with Crippen LogP contribution < -0.4 is 16.4 Å². The van der Waals surface area contributed by atoms with Crippen LogP contribution in [0.15, 0.2) is 18.2 Å². The maximum Gasteiger partial charge on any atom is 0.262 e. The normalized spacial score (nSPS) is 19.6. The van der Waals surface area contributed by atoms with Crippen LogP contribution in [0.5, 0.6) is 0 Å². The maximum absolute atomic E-state index is 12.8. The number of nitrogens with zero attached hydrogens (tertiary/aromatic N) is 1. The summed E-state index contributed by atoms with van der Waals surface area (Å²) in [6.45, 7) is 5.48. The van der Waals surface area contributed by atoms with Crippen LogP contribution in [0.2, 0.25) is 0 Å². The van der Waals surface area contributed by atoms with Gasteiger partial charge >= 0.3 is 0 Å². The number of amides is 4. The highest BCUT2D eigenvalue weighted by Gasteiger charge is 2.44. The molecule has 4 amide bonds. The molecule has 1 unspecified atom stereocenters. The van der Waals surface area contributed by atoms with E-state index in [2.05, 4.69) is 24.5 Å². The Bertz CT molecular complexity index is 847. The first-order valence-electron chi connectivity index (χ1n) is 10.1. The van der Waals surface area contributed by atoms with Crippen LogP contribution in [0.4, 0.5) is 0 Å². The van der Waals surface area contributed by atoms with Gasteiger partial charge in [-0.25, -0.2) is 0 Å². The molecule has 0 radical (unpaired) electrons. The summed E-state index contributed by atoms with van der Waals surface area (Å²) in [4.78, 5) is 50.0. The van der Waals surface area contributed by atoms with Crippen molar-refractivity contribution < 1.29 is 19.2 Å². The van der Waals surface area contributed by atoms with Gasteiger partial charge < -0.3 is 11.1 Å². The summed E-state index contributed by atoms with van der Waals surface area (Å²) in [5.74, 6) is -1.96. The molecule has 1 atom stereocenters. The number of hydrogen-bond acceptors (Lipinski definition) is 6. The van der Waals surface area contributed by atoms with Gasteiger partial charge in [0.05, 0.1) is 11.1 Å². The van der Waals surface area contributed by atoms with Gasteiger partial charge in [-0.15, -0.1) is 0 Å². The molecule has 0 aliphatic carbocycles. The zero-order chi connectivity index (χ0) is 21.2. The van der Waals surface area contributed by atoms with Crippen LogP contribution in [-0.2, 0) is 16.1 Å². The third kappa shape index (κ3) is 4.23. The minimum atomic E-state index is -0.942. The molecule has 1 fully saturated rings. The number of nitrogens with one attached hydrogen (secondary N) is 2. The van der Waals surface area contributed by atoms with Crippen LogP contribution in [-0.4, -0.2) is 46.7 Å². The molecule has 29 heavy (non-hydrogen) atoms. The highest BCUT2D eigenvalue weighted by Crippen LogP contribution is 2.28. The van der Waals surface area contributed by atoms with Crippen LogP contribution >= 0.6 is 0 Å². The summed E-state index contributed by atoms with van der Waals surface area (Å²) in [5, 5.41) is 5.54. The molecule has 8 nitrogen and oxygen atoms in total. The lowest BCUT2D eigenvalue weighted by Gasteiger charge is -2.27. The zero-order valence-corrected chi connectivity index (χ0v) is 16.9. The van der Waals surface area contributed by atoms with Gasteiger partial charge in [0.15, 0.2) is 0 Å². The predicted octanol–water partition coefficient (Wildman–Crippen LogP) is 1.09. The number of rotatable bonds is 8. The molecule has 1 aromatic rings. The van der Waals surface area contributed by atoms with E-state index >= 15 is 0 Å². The van der Waals surface area contributed by atoms with E-state index in [0.29, 0.717) is 17.7 Å². The Balaban J connectivity index is 1.66. The monoisotopic (exact) mass is 400 g/mol. The summed E-state index contributed by atoms with van der Waals surface area (Å²) < 4.78 is 0. The summed E-state index contributed by atoms with van der Waals surface area (Å²) in [5.41, 5.74) is 7.61. The number of carbonyl (C=O) groups is 4. The minimum absolute atomic E-state index is 0.108. The van der Waals surface area contributed by atoms with Gasteiger partial charge in [-0.05, 0) is 49.9 Å². The number of imide groups is 2. The number of fused-ring (bicyclic) bond motifs is 1. The highest BCUT2D eigenvalue weighted by molar-refractivity contribution is 6.23. The van der Waals surface area contributed by atoms with Gasteiger partial charge in [-0.3, -0.25) is 29.4 Å². The molecule has 2 aliphatic rings. The molecule has 3 rings (SSSR count). The summed E-state index contributed by atoms with van der Waals surface area (Å²) in [6, 6.07) is 4.19.